The maximum absolute atomic E-state index is 12.1. The van der Waals surface area contributed by atoms with Crippen LogP contribution < -0.4 is 5.32 Å². The zero-order chi connectivity index (χ0) is 14.9. The molecule has 1 fully saturated rings. The summed E-state index contributed by atoms with van der Waals surface area (Å²) in [5.74, 6) is -2.14. The van der Waals surface area contributed by atoms with E-state index in [2.05, 4.69) is 10.3 Å². The van der Waals surface area contributed by atoms with Crippen molar-refractivity contribution in [1.82, 2.24) is 10.3 Å². The molecule has 20 heavy (non-hydrogen) atoms. The van der Waals surface area contributed by atoms with Crippen LogP contribution in [0.4, 0.5) is 0 Å². The zero-order valence-corrected chi connectivity index (χ0v) is 12.0. The highest BCUT2D eigenvalue weighted by molar-refractivity contribution is 5.91. The van der Waals surface area contributed by atoms with Crippen molar-refractivity contribution >= 4 is 11.9 Å². The molecule has 1 aliphatic carbocycles. The Morgan fingerprint density at radius 2 is 2.10 bits per heavy atom. The summed E-state index contributed by atoms with van der Waals surface area (Å²) in [6.07, 6.45) is 2.55. The molecule has 0 saturated heterocycles. The van der Waals surface area contributed by atoms with Crippen molar-refractivity contribution in [2.24, 2.45) is 17.3 Å². The lowest BCUT2D eigenvalue weighted by Gasteiger charge is -2.08. The van der Waals surface area contributed by atoms with E-state index in [1.54, 1.807) is 6.20 Å². The van der Waals surface area contributed by atoms with Crippen LogP contribution in [-0.4, -0.2) is 22.0 Å². The van der Waals surface area contributed by atoms with Crippen LogP contribution in [0.1, 0.15) is 32.0 Å². The fourth-order valence-electron chi connectivity index (χ4n) is 2.82. The Bertz CT molecular complexity index is 540. The molecule has 5 nitrogen and oxygen atoms in total. The first-order chi connectivity index (χ1) is 9.39. The fourth-order valence-corrected chi connectivity index (χ4v) is 2.82. The van der Waals surface area contributed by atoms with Gasteiger partial charge in [-0.1, -0.05) is 26.8 Å². The van der Waals surface area contributed by atoms with Gasteiger partial charge >= 0.3 is 5.97 Å². The third-order valence-electron chi connectivity index (χ3n) is 4.17. The van der Waals surface area contributed by atoms with Crippen LogP contribution in [0.3, 0.4) is 0 Å². The standard InChI is InChI=1S/C15H20N2O3/c1-4-9-6-5-7-16-10(9)8-17-13(18)11-12(14(19)20)15(11,2)3/h5-7,11-12H,4,8H2,1-3H3,(H,17,18)(H,19,20). The van der Waals surface area contributed by atoms with Crippen molar-refractivity contribution < 1.29 is 14.7 Å². The lowest BCUT2D eigenvalue weighted by molar-refractivity contribution is -0.140. The Morgan fingerprint density at radius 3 is 2.65 bits per heavy atom. The highest BCUT2D eigenvalue weighted by Crippen LogP contribution is 2.58. The first-order valence-electron chi connectivity index (χ1n) is 6.82. The van der Waals surface area contributed by atoms with Gasteiger partial charge in [0.2, 0.25) is 5.91 Å². The Morgan fingerprint density at radius 1 is 1.40 bits per heavy atom. The number of nitrogens with one attached hydrogen (secondary N) is 1. The summed E-state index contributed by atoms with van der Waals surface area (Å²) >= 11 is 0. The molecule has 1 heterocycles. The van der Waals surface area contributed by atoms with Gasteiger partial charge in [0, 0.05) is 6.20 Å². The molecule has 0 radical (unpaired) electrons. The van der Waals surface area contributed by atoms with E-state index in [1.165, 1.54) is 0 Å². The molecule has 2 unspecified atom stereocenters. The van der Waals surface area contributed by atoms with Gasteiger partial charge in [-0.15, -0.1) is 0 Å². The molecule has 1 saturated carbocycles. The SMILES string of the molecule is CCc1cccnc1CNC(=O)C1C(C(=O)O)C1(C)C. The van der Waals surface area contributed by atoms with Crippen molar-refractivity contribution in [3.8, 4) is 0 Å². The topological polar surface area (TPSA) is 79.3 Å². The number of carboxylic acid groups (broad SMARTS) is 1. The quantitative estimate of drug-likeness (QED) is 0.856. The summed E-state index contributed by atoms with van der Waals surface area (Å²) in [5, 5.41) is 11.9. The number of amides is 1. The minimum atomic E-state index is -0.901. The number of nitrogens with zero attached hydrogens (tertiary/aromatic N) is 1. The number of aromatic nitrogens is 1. The number of hydrogen-bond acceptors (Lipinski definition) is 3. The molecule has 5 heteroatoms. The number of carbonyl (C=O) groups is 2. The van der Waals surface area contributed by atoms with Gasteiger partial charge in [-0.25, -0.2) is 0 Å². The van der Waals surface area contributed by atoms with Crippen LogP contribution in [0, 0.1) is 17.3 Å². The molecule has 0 aromatic carbocycles. The molecule has 1 aromatic heterocycles. The second-order valence-corrected chi connectivity index (χ2v) is 5.80. The summed E-state index contributed by atoms with van der Waals surface area (Å²) in [4.78, 5) is 27.4. The van der Waals surface area contributed by atoms with Crippen molar-refractivity contribution in [3.63, 3.8) is 0 Å². The second kappa shape index (κ2) is 5.23. The highest BCUT2D eigenvalue weighted by Gasteiger charge is 2.65. The number of pyridine rings is 1. The normalized spacial score (nSPS) is 23.1. The van der Waals surface area contributed by atoms with E-state index in [-0.39, 0.29) is 5.91 Å². The van der Waals surface area contributed by atoms with E-state index in [0.717, 1.165) is 17.7 Å². The maximum atomic E-state index is 12.1. The minimum absolute atomic E-state index is 0.199. The first-order valence-corrected chi connectivity index (χ1v) is 6.82. The van der Waals surface area contributed by atoms with E-state index in [4.69, 9.17) is 5.11 Å². The van der Waals surface area contributed by atoms with E-state index < -0.39 is 23.2 Å². The van der Waals surface area contributed by atoms with Crippen molar-refractivity contribution in [2.45, 2.75) is 33.7 Å². The fraction of sp³-hybridized carbons (Fsp3) is 0.533. The van der Waals surface area contributed by atoms with Gasteiger partial charge in [-0.2, -0.15) is 0 Å². The summed E-state index contributed by atoms with van der Waals surface area (Å²) in [5.41, 5.74) is 1.47. The van der Waals surface area contributed by atoms with Gasteiger partial charge in [-0.3, -0.25) is 14.6 Å². The molecule has 108 valence electrons. The molecule has 0 aliphatic heterocycles. The number of carboxylic acids is 1. The van der Waals surface area contributed by atoms with Crippen LogP contribution in [0.25, 0.3) is 0 Å². The summed E-state index contributed by atoms with van der Waals surface area (Å²) in [7, 11) is 0. The molecular formula is C15H20N2O3. The first kappa shape index (κ1) is 14.5. The highest BCUT2D eigenvalue weighted by atomic mass is 16.4. The van der Waals surface area contributed by atoms with Gasteiger partial charge in [0.25, 0.3) is 0 Å². The van der Waals surface area contributed by atoms with Crippen molar-refractivity contribution in [2.75, 3.05) is 0 Å². The largest absolute Gasteiger partial charge is 0.481 e. The molecule has 0 bridgehead atoms. The molecule has 2 atom stereocenters. The minimum Gasteiger partial charge on any atom is -0.481 e. The van der Waals surface area contributed by atoms with Crippen LogP contribution in [-0.2, 0) is 22.6 Å². The smallest absolute Gasteiger partial charge is 0.307 e. The number of aryl methyl sites for hydroxylation is 1. The molecule has 1 aliphatic rings. The number of hydrogen-bond donors (Lipinski definition) is 2. The monoisotopic (exact) mass is 276 g/mol. The molecule has 0 spiro atoms. The van der Waals surface area contributed by atoms with Gasteiger partial charge < -0.3 is 10.4 Å². The summed E-state index contributed by atoms with van der Waals surface area (Å²) in [6.45, 7) is 6.01. The molecule has 2 N–H and O–H groups in total. The number of carbonyl (C=O) groups excluding carboxylic acids is 1. The lowest BCUT2D eigenvalue weighted by Crippen LogP contribution is -2.27. The zero-order valence-electron chi connectivity index (χ0n) is 12.0. The van der Waals surface area contributed by atoms with Gasteiger partial charge in [-0.05, 0) is 23.5 Å². The van der Waals surface area contributed by atoms with E-state index in [1.807, 2.05) is 32.9 Å². The van der Waals surface area contributed by atoms with Gasteiger partial charge in [0.1, 0.15) is 0 Å². The van der Waals surface area contributed by atoms with Crippen molar-refractivity contribution in [3.05, 3.63) is 29.6 Å². The van der Waals surface area contributed by atoms with Gasteiger partial charge in [0.15, 0.2) is 0 Å². The third kappa shape index (κ3) is 2.53. The van der Waals surface area contributed by atoms with E-state index in [0.29, 0.717) is 6.54 Å². The lowest BCUT2D eigenvalue weighted by atomic mass is 10.1. The predicted molar refractivity (Wildman–Crippen MR) is 73.9 cm³/mol. The summed E-state index contributed by atoms with van der Waals surface area (Å²) in [6, 6.07) is 3.85. The Balaban J connectivity index is 1.99. The average Bonchev–Trinajstić information content (AvgIpc) is 2.99. The van der Waals surface area contributed by atoms with Crippen LogP contribution >= 0.6 is 0 Å². The molecule has 2 rings (SSSR count). The summed E-state index contributed by atoms with van der Waals surface area (Å²) < 4.78 is 0. The van der Waals surface area contributed by atoms with E-state index >= 15 is 0 Å². The van der Waals surface area contributed by atoms with Crippen molar-refractivity contribution in [1.29, 1.82) is 0 Å². The van der Waals surface area contributed by atoms with Crippen LogP contribution in [0.15, 0.2) is 18.3 Å². The Kier molecular flexibility index (Phi) is 3.79. The molecular weight excluding hydrogens is 256 g/mol. The average molecular weight is 276 g/mol. The molecule has 1 aromatic rings. The van der Waals surface area contributed by atoms with Gasteiger partial charge in [0.05, 0.1) is 24.1 Å². The second-order valence-electron chi connectivity index (χ2n) is 5.80. The third-order valence-corrected chi connectivity index (χ3v) is 4.17. The predicted octanol–water partition coefficient (Wildman–Crippen LogP) is 1.62. The maximum Gasteiger partial charge on any atom is 0.307 e. The van der Waals surface area contributed by atoms with E-state index in [9.17, 15) is 9.59 Å². The number of aliphatic carboxylic acids is 1. The Labute approximate surface area is 118 Å². The number of rotatable bonds is 5. The van der Waals surface area contributed by atoms with Crippen LogP contribution in [0.2, 0.25) is 0 Å². The van der Waals surface area contributed by atoms with Crippen LogP contribution in [0.5, 0.6) is 0 Å². The molecule has 1 amide bonds. The Hall–Kier alpha value is -1.91.